The number of alkyl halides is 3. The number of likely N-dealkylation sites (N-methyl/N-ethyl adjacent to an activating group) is 1. The Hall–Kier alpha value is -1.76. The second-order valence-electron chi connectivity index (χ2n) is 4.26. The summed E-state index contributed by atoms with van der Waals surface area (Å²) in [4.78, 5) is 13.2. The average Bonchev–Trinajstić information content (AvgIpc) is 2.36. The molecule has 1 aromatic carbocycles. The van der Waals surface area contributed by atoms with E-state index in [2.05, 4.69) is 4.74 Å². The molecule has 7 heteroatoms. The zero-order valence-corrected chi connectivity index (χ0v) is 11.1. The third-order valence-corrected chi connectivity index (χ3v) is 2.58. The number of hydrogen-bond donors (Lipinski definition) is 1. The summed E-state index contributed by atoms with van der Waals surface area (Å²) < 4.78 is 40.1. The number of rotatable bonds is 6. The average molecular weight is 290 g/mol. The molecule has 0 atom stereocenters. The third-order valence-electron chi connectivity index (χ3n) is 2.58. The van der Waals surface area contributed by atoms with Crippen molar-refractivity contribution in [3.63, 3.8) is 0 Å². The van der Waals surface area contributed by atoms with Crippen molar-refractivity contribution in [1.82, 2.24) is 4.90 Å². The normalized spacial score (nSPS) is 11.4. The summed E-state index contributed by atoms with van der Waals surface area (Å²) in [6.45, 7) is 0.447. The van der Waals surface area contributed by atoms with E-state index in [1.807, 2.05) is 0 Å². The van der Waals surface area contributed by atoms with Crippen LogP contribution in [0.4, 0.5) is 18.9 Å². The fraction of sp³-hybridized carbons (Fsp3) is 0.462. The van der Waals surface area contributed by atoms with Crippen LogP contribution in [0.15, 0.2) is 24.3 Å². The number of carbonyl (C=O) groups excluding carboxylic acids is 1. The predicted octanol–water partition coefficient (Wildman–Crippen LogP) is 2.20. The lowest BCUT2D eigenvalue weighted by atomic mass is 10.2. The van der Waals surface area contributed by atoms with Crippen LogP contribution in [0.3, 0.4) is 0 Å². The van der Waals surface area contributed by atoms with E-state index in [0.29, 0.717) is 18.8 Å². The molecule has 0 aliphatic heterocycles. The standard InChI is InChI=1S/C13H17F3N2O2/c1-2-18(7-10-3-5-11(17)6-4-10)12(19)8-20-9-13(14,15)16/h3-6H,2,7-9,17H2,1H3. The van der Waals surface area contributed by atoms with Crippen molar-refractivity contribution in [3.8, 4) is 0 Å². The molecule has 0 radical (unpaired) electrons. The number of anilines is 1. The fourth-order valence-electron chi connectivity index (χ4n) is 1.57. The molecule has 0 fully saturated rings. The molecule has 2 N–H and O–H groups in total. The first-order valence-corrected chi connectivity index (χ1v) is 6.08. The van der Waals surface area contributed by atoms with Crippen LogP contribution in [-0.2, 0) is 16.1 Å². The molecule has 4 nitrogen and oxygen atoms in total. The maximum atomic E-state index is 11.9. The van der Waals surface area contributed by atoms with Crippen molar-refractivity contribution in [2.24, 2.45) is 0 Å². The van der Waals surface area contributed by atoms with Gasteiger partial charge in [-0.25, -0.2) is 0 Å². The first-order valence-electron chi connectivity index (χ1n) is 6.08. The van der Waals surface area contributed by atoms with Crippen molar-refractivity contribution in [3.05, 3.63) is 29.8 Å². The van der Waals surface area contributed by atoms with Crippen LogP contribution in [0.5, 0.6) is 0 Å². The van der Waals surface area contributed by atoms with Gasteiger partial charge in [0.25, 0.3) is 0 Å². The summed E-state index contributed by atoms with van der Waals surface area (Å²) in [5, 5.41) is 0. The lowest BCUT2D eigenvalue weighted by Crippen LogP contribution is -2.34. The van der Waals surface area contributed by atoms with E-state index in [-0.39, 0.29) is 0 Å². The number of hydrogen-bond acceptors (Lipinski definition) is 3. The number of carbonyl (C=O) groups is 1. The van der Waals surface area contributed by atoms with E-state index in [9.17, 15) is 18.0 Å². The number of ether oxygens (including phenoxy) is 1. The molecule has 1 amide bonds. The summed E-state index contributed by atoms with van der Waals surface area (Å²) in [7, 11) is 0. The Morgan fingerprint density at radius 2 is 1.90 bits per heavy atom. The molecule has 0 aromatic heterocycles. The van der Waals surface area contributed by atoms with Gasteiger partial charge in [-0.15, -0.1) is 0 Å². The van der Waals surface area contributed by atoms with Gasteiger partial charge in [0.2, 0.25) is 5.91 Å². The largest absolute Gasteiger partial charge is 0.411 e. The summed E-state index contributed by atoms with van der Waals surface area (Å²) >= 11 is 0. The van der Waals surface area contributed by atoms with Gasteiger partial charge < -0.3 is 15.4 Å². The molecule has 20 heavy (non-hydrogen) atoms. The van der Waals surface area contributed by atoms with Crippen LogP contribution in [-0.4, -0.2) is 36.7 Å². The van der Waals surface area contributed by atoms with Gasteiger partial charge in [0.1, 0.15) is 13.2 Å². The first kappa shape index (κ1) is 16.3. The van der Waals surface area contributed by atoms with Crippen molar-refractivity contribution in [2.75, 3.05) is 25.5 Å². The van der Waals surface area contributed by atoms with E-state index in [0.717, 1.165) is 5.56 Å². The lowest BCUT2D eigenvalue weighted by Gasteiger charge is -2.21. The molecule has 1 aromatic rings. The van der Waals surface area contributed by atoms with Gasteiger partial charge in [-0.2, -0.15) is 13.2 Å². The van der Waals surface area contributed by atoms with Crippen molar-refractivity contribution in [1.29, 1.82) is 0 Å². The molecular formula is C13H17F3N2O2. The van der Waals surface area contributed by atoms with Crippen molar-refractivity contribution in [2.45, 2.75) is 19.6 Å². The number of halogens is 3. The van der Waals surface area contributed by atoms with Gasteiger partial charge in [-0.05, 0) is 24.6 Å². The Kier molecular flexibility index (Phi) is 5.82. The first-order chi connectivity index (χ1) is 9.31. The van der Waals surface area contributed by atoms with E-state index in [4.69, 9.17) is 5.73 Å². The lowest BCUT2D eigenvalue weighted by molar-refractivity contribution is -0.177. The molecule has 0 unspecified atom stereocenters. The zero-order valence-electron chi connectivity index (χ0n) is 11.1. The van der Waals surface area contributed by atoms with Gasteiger partial charge in [0.15, 0.2) is 0 Å². The highest BCUT2D eigenvalue weighted by atomic mass is 19.4. The molecular weight excluding hydrogens is 273 g/mol. The predicted molar refractivity (Wildman–Crippen MR) is 68.8 cm³/mol. The molecule has 0 saturated carbocycles. The fourth-order valence-corrected chi connectivity index (χ4v) is 1.57. The Balaban J connectivity index is 2.48. The molecule has 0 spiro atoms. The molecule has 0 aliphatic carbocycles. The highest BCUT2D eigenvalue weighted by molar-refractivity contribution is 5.77. The van der Waals surface area contributed by atoms with E-state index < -0.39 is 25.3 Å². The maximum absolute atomic E-state index is 11.9. The van der Waals surface area contributed by atoms with Gasteiger partial charge in [0, 0.05) is 18.8 Å². The van der Waals surface area contributed by atoms with Gasteiger partial charge in [-0.3, -0.25) is 4.79 Å². The SMILES string of the molecule is CCN(Cc1ccc(N)cc1)C(=O)COCC(F)(F)F. The minimum atomic E-state index is -4.42. The van der Waals surface area contributed by atoms with Crippen molar-refractivity contribution >= 4 is 11.6 Å². The van der Waals surface area contributed by atoms with Crippen LogP contribution >= 0.6 is 0 Å². The molecule has 0 saturated heterocycles. The Morgan fingerprint density at radius 1 is 1.30 bits per heavy atom. The van der Waals surface area contributed by atoms with E-state index in [1.165, 1.54) is 4.90 Å². The number of benzene rings is 1. The molecule has 0 aliphatic rings. The minimum Gasteiger partial charge on any atom is -0.399 e. The number of amides is 1. The second-order valence-corrected chi connectivity index (χ2v) is 4.26. The smallest absolute Gasteiger partial charge is 0.399 e. The highest BCUT2D eigenvalue weighted by Gasteiger charge is 2.28. The van der Waals surface area contributed by atoms with Crippen LogP contribution < -0.4 is 5.73 Å². The molecule has 112 valence electrons. The third kappa shape index (κ3) is 5.92. The van der Waals surface area contributed by atoms with Gasteiger partial charge >= 0.3 is 6.18 Å². The van der Waals surface area contributed by atoms with E-state index in [1.54, 1.807) is 31.2 Å². The van der Waals surface area contributed by atoms with Gasteiger partial charge in [-0.1, -0.05) is 12.1 Å². The Labute approximate surface area is 115 Å². The number of nitrogens with zero attached hydrogens (tertiary/aromatic N) is 1. The van der Waals surface area contributed by atoms with Gasteiger partial charge in [0.05, 0.1) is 0 Å². The number of nitrogens with two attached hydrogens (primary N) is 1. The maximum Gasteiger partial charge on any atom is 0.411 e. The topological polar surface area (TPSA) is 55.6 Å². The Bertz CT molecular complexity index is 432. The minimum absolute atomic E-state index is 0.311. The monoisotopic (exact) mass is 290 g/mol. The van der Waals surface area contributed by atoms with Crippen molar-refractivity contribution < 1.29 is 22.7 Å². The second kappa shape index (κ2) is 7.14. The van der Waals surface area contributed by atoms with E-state index >= 15 is 0 Å². The molecule has 0 bridgehead atoms. The summed E-state index contributed by atoms with van der Waals surface area (Å²) in [6.07, 6.45) is -4.42. The summed E-state index contributed by atoms with van der Waals surface area (Å²) in [5.41, 5.74) is 7.01. The van der Waals surface area contributed by atoms with Crippen LogP contribution in [0.25, 0.3) is 0 Å². The molecule has 0 heterocycles. The van der Waals surface area contributed by atoms with Crippen LogP contribution in [0.2, 0.25) is 0 Å². The van der Waals surface area contributed by atoms with Crippen LogP contribution in [0, 0.1) is 0 Å². The van der Waals surface area contributed by atoms with Crippen LogP contribution in [0.1, 0.15) is 12.5 Å². The number of nitrogen functional groups attached to an aromatic ring is 1. The summed E-state index contributed by atoms with van der Waals surface area (Å²) in [5.74, 6) is -0.478. The summed E-state index contributed by atoms with van der Waals surface area (Å²) in [6, 6.07) is 6.94. The Morgan fingerprint density at radius 3 is 2.40 bits per heavy atom. The molecule has 1 rings (SSSR count). The highest BCUT2D eigenvalue weighted by Crippen LogP contribution is 2.14. The quantitative estimate of drug-likeness (QED) is 0.817. The zero-order chi connectivity index (χ0) is 15.2.